The lowest BCUT2D eigenvalue weighted by Crippen LogP contribution is -2.17. The van der Waals surface area contributed by atoms with Crippen molar-refractivity contribution in [3.63, 3.8) is 0 Å². The lowest BCUT2D eigenvalue weighted by atomic mass is 10.0. The first-order valence-corrected chi connectivity index (χ1v) is 7.65. The van der Waals surface area contributed by atoms with Crippen LogP contribution < -0.4 is 10.1 Å². The molecule has 1 aliphatic rings. The van der Waals surface area contributed by atoms with Crippen molar-refractivity contribution in [2.75, 3.05) is 13.7 Å². The Morgan fingerprint density at radius 2 is 2.21 bits per heavy atom. The van der Waals surface area contributed by atoms with Gasteiger partial charge in [0.25, 0.3) is 0 Å². The maximum Gasteiger partial charge on any atom is 0.127 e. The van der Waals surface area contributed by atoms with Gasteiger partial charge in [-0.1, -0.05) is 25.1 Å². The summed E-state index contributed by atoms with van der Waals surface area (Å²) in [5.41, 5.74) is 2.60. The van der Waals surface area contributed by atoms with Crippen molar-refractivity contribution in [2.45, 2.75) is 25.8 Å². The molecule has 0 amide bonds. The van der Waals surface area contributed by atoms with Gasteiger partial charge in [0.05, 0.1) is 12.6 Å². The molecule has 3 rings (SSSR count). The third-order valence-corrected chi connectivity index (χ3v) is 4.95. The first-order chi connectivity index (χ1) is 9.33. The predicted octanol–water partition coefficient (Wildman–Crippen LogP) is 3.55. The Labute approximate surface area is 118 Å². The summed E-state index contributed by atoms with van der Waals surface area (Å²) in [6.07, 6.45) is 2.13. The molecule has 0 aliphatic carbocycles. The molecule has 2 aromatic rings. The zero-order valence-corrected chi connectivity index (χ0v) is 12.2. The van der Waals surface area contributed by atoms with Gasteiger partial charge in [-0.2, -0.15) is 0 Å². The molecular weight excluding hydrogens is 254 g/mol. The van der Waals surface area contributed by atoms with Gasteiger partial charge in [-0.15, -0.1) is 11.3 Å². The van der Waals surface area contributed by atoms with Crippen LogP contribution in [0.15, 0.2) is 30.3 Å². The standard InChI is InChI=1S/C16H19NOS/c1-3-12-7-8-14(19-12)15(17-2)13-6-4-5-11-9-10-18-16(11)13/h4-8,15,17H,3,9-10H2,1-2H3. The zero-order valence-electron chi connectivity index (χ0n) is 11.4. The van der Waals surface area contributed by atoms with Crippen molar-refractivity contribution >= 4 is 11.3 Å². The van der Waals surface area contributed by atoms with Crippen LogP contribution in [0.5, 0.6) is 5.75 Å². The Kier molecular flexibility index (Phi) is 3.58. The van der Waals surface area contributed by atoms with Gasteiger partial charge in [-0.3, -0.25) is 0 Å². The summed E-state index contributed by atoms with van der Waals surface area (Å²) in [7, 11) is 2.02. The number of thiophene rings is 1. The van der Waals surface area contributed by atoms with Gasteiger partial charge in [0.15, 0.2) is 0 Å². The summed E-state index contributed by atoms with van der Waals surface area (Å²) in [6, 6.07) is 11.2. The van der Waals surface area contributed by atoms with Crippen LogP contribution in [0.1, 0.15) is 33.8 Å². The summed E-state index contributed by atoms with van der Waals surface area (Å²) in [6.45, 7) is 3.01. The van der Waals surface area contributed by atoms with Gasteiger partial charge in [0, 0.05) is 21.7 Å². The van der Waals surface area contributed by atoms with Crippen LogP contribution in [-0.2, 0) is 12.8 Å². The number of aryl methyl sites for hydroxylation is 1. The van der Waals surface area contributed by atoms with E-state index in [1.54, 1.807) is 0 Å². The number of rotatable bonds is 4. The second-order valence-corrected chi connectivity index (χ2v) is 6.01. The molecule has 1 atom stereocenters. The summed E-state index contributed by atoms with van der Waals surface area (Å²) in [4.78, 5) is 2.80. The molecule has 0 radical (unpaired) electrons. The molecule has 0 spiro atoms. The van der Waals surface area contributed by atoms with Crippen molar-refractivity contribution in [1.82, 2.24) is 5.32 Å². The molecule has 19 heavy (non-hydrogen) atoms. The number of para-hydroxylation sites is 1. The number of hydrogen-bond donors (Lipinski definition) is 1. The van der Waals surface area contributed by atoms with Gasteiger partial charge in [0.2, 0.25) is 0 Å². The van der Waals surface area contributed by atoms with Crippen molar-refractivity contribution in [3.8, 4) is 5.75 Å². The van der Waals surface area contributed by atoms with E-state index in [9.17, 15) is 0 Å². The highest BCUT2D eigenvalue weighted by Crippen LogP contribution is 2.37. The number of hydrogen-bond acceptors (Lipinski definition) is 3. The second-order valence-electron chi connectivity index (χ2n) is 4.81. The molecule has 3 heteroatoms. The molecule has 0 saturated carbocycles. The van der Waals surface area contributed by atoms with Crippen LogP contribution in [0.2, 0.25) is 0 Å². The van der Waals surface area contributed by atoms with Crippen LogP contribution in [0.4, 0.5) is 0 Å². The van der Waals surface area contributed by atoms with E-state index in [1.807, 2.05) is 18.4 Å². The fraction of sp³-hybridized carbons (Fsp3) is 0.375. The lowest BCUT2D eigenvalue weighted by Gasteiger charge is -2.18. The average molecular weight is 273 g/mol. The molecule has 1 N–H and O–H groups in total. The van der Waals surface area contributed by atoms with Crippen molar-refractivity contribution in [1.29, 1.82) is 0 Å². The second kappa shape index (κ2) is 5.35. The summed E-state index contributed by atoms with van der Waals surface area (Å²) in [5.74, 6) is 1.09. The monoisotopic (exact) mass is 273 g/mol. The van der Waals surface area contributed by atoms with Crippen molar-refractivity contribution in [2.24, 2.45) is 0 Å². The first kappa shape index (κ1) is 12.7. The van der Waals surface area contributed by atoms with Crippen LogP contribution in [0.25, 0.3) is 0 Å². The molecule has 2 heterocycles. The van der Waals surface area contributed by atoms with E-state index < -0.39 is 0 Å². The third kappa shape index (κ3) is 2.28. The molecule has 1 aromatic carbocycles. The smallest absolute Gasteiger partial charge is 0.127 e. The Bertz CT molecular complexity index is 576. The molecular formula is C16H19NOS. The largest absolute Gasteiger partial charge is 0.493 e. The fourth-order valence-electron chi connectivity index (χ4n) is 2.66. The predicted molar refractivity (Wildman–Crippen MR) is 80.2 cm³/mol. The fourth-order valence-corrected chi connectivity index (χ4v) is 3.74. The van der Waals surface area contributed by atoms with Crippen LogP contribution >= 0.6 is 11.3 Å². The van der Waals surface area contributed by atoms with Gasteiger partial charge in [-0.25, -0.2) is 0 Å². The Morgan fingerprint density at radius 3 is 2.95 bits per heavy atom. The van der Waals surface area contributed by atoms with E-state index in [0.29, 0.717) is 0 Å². The molecule has 100 valence electrons. The highest BCUT2D eigenvalue weighted by molar-refractivity contribution is 7.12. The van der Waals surface area contributed by atoms with E-state index in [0.717, 1.165) is 25.2 Å². The summed E-state index contributed by atoms with van der Waals surface area (Å²) >= 11 is 1.89. The molecule has 2 nitrogen and oxygen atoms in total. The topological polar surface area (TPSA) is 21.3 Å². The number of fused-ring (bicyclic) bond motifs is 1. The first-order valence-electron chi connectivity index (χ1n) is 6.84. The Morgan fingerprint density at radius 1 is 1.32 bits per heavy atom. The number of ether oxygens (including phenoxy) is 1. The highest BCUT2D eigenvalue weighted by Gasteiger charge is 2.23. The maximum atomic E-state index is 5.83. The van der Waals surface area contributed by atoms with E-state index in [1.165, 1.54) is 20.9 Å². The molecule has 1 unspecified atom stereocenters. The van der Waals surface area contributed by atoms with E-state index in [4.69, 9.17) is 4.74 Å². The Balaban J connectivity index is 2.01. The summed E-state index contributed by atoms with van der Waals surface area (Å²) < 4.78 is 5.83. The summed E-state index contributed by atoms with van der Waals surface area (Å²) in [5, 5.41) is 3.43. The van der Waals surface area contributed by atoms with Gasteiger partial charge >= 0.3 is 0 Å². The normalized spacial score (nSPS) is 15.1. The molecule has 1 aromatic heterocycles. The number of nitrogens with one attached hydrogen (secondary N) is 1. The van der Waals surface area contributed by atoms with Crippen LogP contribution in [0, 0.1) is 0 Å². The molecule has 1 aliphatic heterocycles. The quantitative estimate of drug-likeness (QED) is 0.919. The van der Waals surface area contributed by atoms with Crippen molar-refractivity contribution < 1.29 is 4.74 Å². The van der Waals surface area contributed by atoms with Gasteiger partial charge in [0.1, 0.15) is 5.75 Å². The lowest BCUT2D eigenvalue weighted by molar-refractivity contribution is 0.351. The number of benzene rings is 1. The Hall–Kier alpha value is -1.32. The zero-order chi connectivity index (χ0) is 13.2. The van der Waals surface area contributed by atoms with E-state index >= 15 is 0 Å². The van der Waals surface area contributed by atoms with Crippen molar-refractivity contribution in [3.05, 3.63) is 51.2 Å². The van der Waals surface area contributed by atoms with E-state index in [2.05, 4.69) is 42.6 Å². The van der Waals surface area contributed by atoms with Gasteiger partial charge < -0.3 is 10.1 Å². The molecule has 0 fully saturated rings. The minimum Gasteiger partial charge on any atom is -0.493 e. The van der Waals surface area contributed by atoms with E-state index in [-0.39, 0.29) is 6.04 Å². The van der Waals surface area contributed by atoms with Gasteiger partial charge in [-0.05, 0) is 31.2 Å². The average Bonchev–Trinajstić information content (AvgIpc) is 3.08. The third-order valence-electron chi connectivity index (χ3n) is 3.66. The molecule has 0 saturated heterocycles. The van der Waals surface area contributed by atoms with Crippen LogP contribution in [-0.4, -0.2) is 13.7 Å². The van der Waals surface area contributed by atoms with Crippen LogP contribution in [0.3, 0.4) is 0 Å². The minimum absolute atomic E-state index is 0.235. The highest BCUT2D eigenvalue weighted by atomic mass is 32.1. The maximum absolute atomic E-state index is 5.83. The minimum atomic E-state index is 0.235. The molecule has 0 bridgehead atoms. The SMILES string of the molecule is CCc1ccc(C(NC)c2cccc3c2OCC3)s1.